The van der Waals surface area contributed by atoms with E-state index in [9.17, 15) is 4.39 Å². The van der Waals surface area contributed by atoms with Crippen LogP contribution in [0.3, 0.4) is 0 Å². The molecule has 2 aliphatic heterocycles. The molecule has 9 rings (SSSR count). The van der Waals surface area contributed by atoms with E-state index in [2.05, 4.69) is 114 Å². The summed E-state index contributed by atoms with van der Waals surface area (Å²) in [5.74, 6) is 3.18. The van der Waals surface area contributed by atoms with Crippen LogP contribution in [-0.4, -0.2) is 8.07 Å². The molecule has 2 heterocycles. The van der Waals surface area contributed by atoms with Crippen LogP contribution in [0.4, 0.5) is 21.5 Å². The molecule has 0 radical (unpaired) electrons. The van der Waals surface area contributed by atoms with Gasteiger partial charge in [-0.1, -0.05) is 97.1 Å². The van der Waals surface area contributed by atoms with Gasteiger partial charge in [0.1, 0.15) is 28.8 Å². The Hall–Kier alpha value is -5.91. The molecule has 0 atom stereocenters. The van der Waals surface area contributed by atoms with Crippen LogP contribution in [0.2, 0.25) is 0 Å². The van der Waals surface area contributed by atoms with Crippen LogP contribution >= 0.6 is 0 Å². The summed E-state index contributed by atoms with van der Waals surface area (Å²) in [6, 6.07) is 57.3. The normalized spacial score (nSPS) is 13.3. The average molecular weight is 626 g/mol. The quantitative estimate of drug-likeness (QED) is 0.183. The second-order valence-electron chi connectivity index (χ2n) is 11.8. The molecule has 3 nitrogen and oxygen atoms in total. The van der Waals surface area contributed by atoms with Gasteiger partial charge in [0.2, 0.25) is 0 Å². The Morgan fingerprint density at radius 1 is 0.383 bits per heavy atom. The van der Waals surface area contributed by atoms with Crippen molar-refractivity contribution in [1.82, 2.24) is 0 Å². The van der Waals surface area contributed by atoms with E-state index < -0.39 is 8.07 Å². The molecule has 7 aromatic rings. The molecule has 0 saturated heterocycles. The van der Waals surface area contributed by atoms with E-state index in [4.69, 9.17) is 9.47 Å². The molecule has 0 N–H and O–H groups in total. The summed E-state index contributed by atoms with van der Waals surface area (Å²) >= 11 is 0. The predicted octanol–water partition coefficient (Wildman–Crippen LogP) is 8.55. The summed E-state index contributed by atoms with van der Waals surface area (Å²) in [4.78, 5) is 2.19. The number of hydrogen-bond acceptors (Lipinski definition) is 3. The minimum absolute atomic E-state index is 0.273. The zero-order valence-electron chi connectivity index (χ0n) is 25.3. The van der Waals surface area contributed by atoms with Crippen molar-refractivity contribution in [2.24, 2.45) is 0 Å². The van der Waals surface area contributed by atoms with Gasteiger partial charge in [0.15, 0.2) is 8.07 Å². The van der Waals surface area contributed by atoms with Crippen LogP contribution < -0.4 is 35.1 Å². The molecular weight excluding hydrogens is 598 g/mol. The van der Waals surface area contributed by atoms with Crippen LogP contribution in [0.1, 0.15) is 0 Å². The highest BCUT2D eigenvalue weighted by Gasteiger charge is 2.53. The van der Waals surface area contributed by atoms with Gasteiger partial charge in [-0.3, -0.25) is 0 Å². The largest absolute Gasteiger partial charge is 0.458 e. The highest BCUT2D eigenvalue weighted by Crippen LogP contribution is 2.40. The van der Waals surface area contributed by atoms with Gasteiger partial charge < -0.3 is 14.4 Å². The molecule has 0 aromatic heterocycles. The first-order valence-electron chi connectivity index (χ1n) is 15.7. The summed E-state index contributed by atoms with van der Waals surface area (Å²) in [5.41, 5.74) is 5.07. The molecule has 0 saturated carbocycles. The van der Waals surface area contributed by atoms with Crippen LogP contribution in [-0.2, 0) is 0 Å². The van der Waals surface area contributed by atoms with E-state index in [-0.39, 0.29) is 5.82 Å². The van der Waals surface area contributed by atoms with E-state index >= 15 is 0 Å². The lowest BCUT2D eigenvalue weighted by Gasteiger charge is -2.43. The zero-order chi connectivity index (χ0) is 31.4. The molecule has 0 aliphatic carbocycles. The van der Waals surface area contributed by atoms with Crippen molar-refractivity contribution in [3.05, 3.63) is 176 Å². The van der Waals surface area contributed by atoms with E-state index in [1.54, 1.807) is 0 Å². The molecule has 0 unspecified atom stereocenters. The summed E-state index contributed by atoms with van der Waals surface area (Å²) in [6.07, 6.45) is 0. The van der Waals surface area contributed by atoms with Crippen LogP contribution in [0.25, 0.3) is 11.1 Å². The Morgan fingerprint density at radius 2 is 0.809 bits per heavy atom. The lowest BCUT2D eigenvalue weighted by molar-refractivity contribution is 0.481. The Balaban J connectivity index is 1.29. The number of ether oxygens (including phenoxy) is 2. The third-order valence-corrected chi connectivity index (χ3v) is 14.1. The first-order valence-corrected chi connectivity index (χ1v) is 17.7. The van der Waals surface area contributed by atoms with Crippen molar-refractivity contribution in [2.45, 2.75) is 0 Å². The number of nitrogens with zero attached hydrogens (tertiary/aromatic N) is 1. The van der Waals surface area contributed by atoms with Gasteiger partial charge in [-0.25, -0.2) is 4.39 Å². The monoisotopic (exact) mass is 625 g/mol. The topological polar surface area (TPSA) is 21.7 Å². The standard InChI is InChI=1S/C42H28FNO2Si/c43-31-20-24-33(25-21-31)44(32-22-18-30(19-23-32)29-10-2-1-3-11-29)34-26-27-38-42(28-34)47(41-17-9-6-14-37(41)46-38)39-15-7-4-12-35(39)45-36-13-5-8-16-40(36)47/h1-28H. The van der Waals surface area contributed by atoms with Crippen molar-refractivity contribution in [3.8, 4) is 34.1 Å². The average Bonchev–Trinajstić information content (AvgIpc) is 3.13. The van der Waals surface area contributed by atoms with Crippen molar-refractivity contribution >= 4 is 45.9 Å². The maximum Gasteiger partial charge on any atom is 0.196 e. The molecule has 1 spiro atoms. The Bertz CT molecular complexity index is 2170. The Labute approximate surface area is 273 Å². The third kappa shape index (κ3) is 4.32. The van der Waals surface area contributed by atoms with Gasteiger partial charge in [0, 0.05) is 17.1 Å². The third-order valence-electron chi connectivity index (χ3n) is 9.26. The molecule has 5 heteroatoms. The van der Waals surface area contributed by atoms with Crippen LogP contribution in [0, 0.1) is 5.82 Å². The zero-order valence-corrected chi connectivity index (χ0v) is 26.3. The first-order chi connectivity index (χ1) is 23.2. The fourth-order valence-electron chi connectivity index (χ4n) is 7.21. The number of benzene rings is 7. The van der Waals surface area contributed by atoms with Crippen LogP contribution in [0.5, 0.6) is 23.0 Å². The number of hydrogen-bond donors (Lipinski definition) is 0. The number of rotatable bonds is 4. The molecule has 47 heavy (non-hydrogen) atoms. The lowest BCUT2D eigenvalue weighted by atomic mass is 10.0. The maximum absolute atomic E-state index is 14.2. The van der Waals surface area contributed by atoms with E-state index in [0.717, 1.165) is 56.4 Å². The van der Waals surface area contributed by atoms with Gasteiger partial charge in [-0.15, -0.1) is 0 Å². The first kappa shape index (κ1) is 27.4. The van der Waals surface area contributed by atoms with Gasteiger partial charge >= 0.3 is 0 Å². The summed E-state index contributed by atoms with van der Waals surface area (Å²) in [7, 11) is -2.93. The molecule has 0 amide bonds. The summed E-state index contributed by atoms with van der Waals surface area (Å²) in [6.45, 7) is 0. The highest BCUT2D eigenvalue weighted by atomic mass is 28.3. The van der Waals surface area contributed by atoms with E-state index in [1.807, 2.05) is 48.5 Å². The number of halogens is 1. The predicted molar refractivity (Wildman–Crippen MR) is 190 cm³/mol. The highest BCUT2D eigenvalue weighted by molar-refractivity contribution is 7.21. The van der Waals surface area contributed by atoms with Gasteiger partial charge in [-0.2, -0.15) is 0 Å². The van der Waals surface area contributed by atoms with Gasteiger partial charge in [-0.05, 0) is 105 Å². The van der Waals surface area contributed by atoms with Gasteiger partial charge in [0.05, 0.1) is 0 Å². The van der Waals surface area contributed by atoms with E-state index in [1.165, 1.54) is 27.7 Å². The Kier molecular flexibility index (Phi) is 6.33. The minimum Gasteiger partial charge on any atom is -0.458 e. The van der Waals surface area contributed by atoms with Crippen molar-refractivity contribution in [1.29, 1.82) is 0 Å². The minimum atomic E-state index is -2.93. The van der Waals surface area contributed by atoms with Crippen molar-refractivity contribution < 1.29 is 13.9 Å². The van der Waals surface area contributed by atoms with E-state index in [0.29, 0.717) is 0 Å². The fraction of sp³-hybridized carbons (Fsp3) is 0. The summed E-state index contributed by atoms with van der Waals surface area (Å²) in [5, 5.41) is 4.71. The smallest absolute Gasteiger partial charge is 0.196 e. The number of anilines is 3. The van der Waals surface area contributed by atoms with Gasteiger partial charge in [0.25, 0.3) is 0 Å². The lowest BCUT2D eigenvalue weighted by Crippen LogP contribution is -2.77. The maximum atomic E-state index is 14.2. The molecule has 7 aromatic carbocycles. The molecule has 0 bridgehead atoms. The molecule has 224 valence electrons. The molecule has 0 fully saturated rings. The second-order valence-corrected chi connectivity index (χ2v) is 15.5. The summed E-state index contributed by atoms with van der Waals surface area (Å²) < 4.78 is 27.5. The molecule has 2 aliphatic rings. The fourth-order valence-corrected chi connectivity index (χ4v) is 12.4. The van der Waals surface area contributed by atoms with Crippen molar-refractivity contribution in [2.75, 3.05) is 4.90 Å². The Morgan fingerprint density at radius 3 is 1.36 bits per heavy atom. The van der Waals surface area contributed by atoms with Crippen molar-refractivity contribution in [3.63, 3.8) is 0 Å². The number of fused-ring (bicyclic) bond motifs is 8. The SMILES string of the molecule is Fc1ccc(N(c2ccc(-c3ccccc3)cc2)c2ccc3c(c2)[Si]2(c4ccccc4Oc4ccccc42)c2ccccc2O3)cc1. The molecular formula is C42H28FNO2Si. The number of para-hydroxylation sites is 3. The van der Waals surface area contributed by atoms with Crippen LogP contribution in [0.15, 0.2) is 170 Å². The second kappa shape index (κ2) is 10.9.